The van der Waals surface area contributed by atoms with E-state index in [1.165, 1.54) is 36.9 Å². The Morgan fingerprint density at radius 3 is 2.47 bits per heavy atom. The lowest BCUT2D eigenvalue weighted by atomic mass is 9.85. The third-order valence-corrected chi connectivity index (χ3v) is 4.20. The number of anilines is 1. The quantitative estimate of drug-likeness (QED) is 0.865. The lowest BCUT2D eigenvalue weighted by Crippen LogP contribution is -2.39. The summed E-state index contributed by atoms with van der Waals surface area (Å²) in [5, 5.41) is 0. The SMILES string of the molecule is Cc1ccccc1N(C)CC1(CN)CCCC1. The molecule has 1 aliphatic rings. The molecule has 0 aromatic heterocycles. The first-order chi connectivity index (χ1) is 8.17. The van der Waals surface area contributed by atoms with E-state index in [9.17, 15) is 0 Å². The van der Waals surface area contributed by atoms with Crippen LogP contribution in [-0.4, -0.2) is 20.1 Å². The summed E-state index contributed by atoms with van der Waals surface area (Å²) in [6.07, 6.45) is 5.27. The normalized spacial score (nSPS) is 18.3. The van der Waals surface area contributed by atoms with Crippen molar-refractivity contribution in [1.82, 2.24) is 0 Å². The van der Waals surface area contributed by atoms with Gasteiger partial charge in [0.2, 0.25) is 0 Å². The second-order valence-electron chi connectivity index (χ2n) is 5.55. The summed E-state index contributed by atoms with van der Waals surface area (Å²) in [5.74, 6) is 0. The molecule has 0 aliphatic heterocycles. The van der Waals surface area contributed by atoms with Crippen molar-refractivity contribution in [2.45, 2.75) is 32.6 Å². The molecule has 0 saturated heterocycles. The van der Waals surface area contributed by atoms with Gasteiger partial charge in [0.05, 0.1) is 0 Å². The van der Waals surface area contributed by atoms with Gasteiger partial charge < -0.3 is 10.6 Å². The zero-order valence-corrected chi connectivity index (χ0v) is 11.1. The average molecular weight is 232 g/mol. The molecule has 17 heavy (non-hydrogen) atoms. The molecule has 0 radical (unpaired) electrons. The Morgan fingerprint density at radius 1 is 1.24 bits per heavy atom. The van der Waals surface area contributed by atoms with Crippen LogP contribution in [0.25, 0.3) is 0 Å². The van der Waals surface area contributed by atoms with E-state index in [2.05, 4.69) is 43.1 Å². The predicted octanol–water partition coefficient (Wildman–Crippen LogP) is 2.95. The molecule has 1 aromatic carbocycles. The van der Waals surface area contributed by atoms with Gasteiger partial charge in [0.25, 0.3) is 0 Å². The Hall–Kier alpha value is -1.02. The van der Waals surface area contributed by atoms with Crippen LogP contribution in [0.4, 0.5) is 5.69 Å². The topological polar surface area (TPSA) is 29.3 Å². The van der Waals surface area contributed by atoms with E-state index in [0.29, 0.717) is 5.41 Å². The van der Waals surface area contributed by atoms with E-state index in [1.807, 2.05) is 0 Å². The van der Waals surface area contributed by atoms with Gasteiger partial charge in [-0.25, -0.2) is 0 Å². The first-order valence-electron chi connectivity index (χ1n) is 6.64. The zero-order chi connectivity index (χ0) is 12.3. The maximum Gasteiger partial charge on any atom is 0.0393 e. The largest absolute Gasteiger partial charge is 0.374 e. The van der Waals surface area contributed by atoms with Crippen molar-refractivity contribution in [2.75, 3.05) is 25.0 Å². The fourth-order valence-electron chi connectivity index (χ4n) is 3.13. The number of nitrogens with two attached hydrogens (primary N) is 1. The van der Waals surface area contributed by atoms with Crippen LogP contribution in [0.5, 0.6) is 0 Å². The van der Waals surface area contributed by atoms with Gasteiger partial charge in [0.1, 0.15) is 0 Å². The standard InChI is InChI=1S/C15H24N2/c1-13-7-3-4-8-14(13)17(2)12-15(11-16)9-5-6-10-15/h3-4,7-8H,5-6,9-12,16H2,1-2H3. The minimum absolute atomic E-state index is 0.358. The van der Waals surface area contributed by atoms with Gasteiger partial charge in [-0.3, -0.25) is 0 Å². The van der Waals surface area contributed by atoms with Crippen molar-refractivity contribution < 1.29 is 0 Å². The molecule has 1 aliphatic carbocycles. The van der Waals surface area contributed by atoms with Gasteiger partial charge in [-0.2, -0.15) is 0 Å². The first-order valence-corrected chi connectivity index (χ1v) is 6.64. The van der Waals surface area contributed by atoms with Crippen LogP contribution in [0.1, 0.15) is 31.2 Å². The molecule has 1 fully saturated rings. The third-order valence-electron chi connectivity index (χ3n) is 4.20. The van der Waals surface area contributed by atoms with Crippen LogP contribution in [0.2, 0.25) is 0 Å². The number of para-hydroxylation sites is 1. The van der Waals surface area contributed by atoms with E-state index < -0.39 is 0 Å². The second-order valence-corrected chi connectivity index (χ2v) is 5.55. The molecule has 0 amide bonds. The van der Waals surface area contributed by atoms with Crippen LogP contribution >= 0.6 is 0 Å². The van der Waals surface area contributed by atoms with Crippen molar-refractivity contribution in [2.24, 2.45) is 11.1 Å². The van der Waals surface area contributed by atoms with Crippen molar-refractivity contribution in [3.05, 3.63) is 29.8 Å². The third kappa shape index (κ3) is 2.63. The van der Waals surface area contributed by atoms with E-state index in [4.69, 9.17) is 5.73 Å². The highest BCUT2D eigenvalue weighted by Gasteiger charge is 2.33. The van der Waals surface area contributed by atoms with Gasteiger partial charge in [-0.05, 0) is 37.9 Å². The van der Waals surface area contributed by atoms with Crippen LogP contribution < -0.4 is 10.6 Å². The summed E-state index contributed by atoms with van der Waals surface area (Å²) in [6, 6.07) is 8.59. The summed E-state index contributed by atoms with van der Waals surface area (Å²) in [5.41, 5.74) is 9.05. The van der Waals surface area contributed by atoms with E-state index in [1.54, 1.807) is 0 Å². The number of hydrogen-bond acceptors (Lipinski definition) is 2. The Balaban J connectivity index is 2.11. The molecule has 0 bridgehead atoms. The fourth-order valence-corrected chi connectivity index (χ4v) is 3.13. The van der Waals surface area contributed by atoms with Gasteiger partial charge in [0.15, 0.2) is 0 Å². The lowest BCUT2D eigenvalue weighted by Gasteiger charge is -2.34. The second kappa shape index (κ2) is 5.09. The minimum atomic E-state index is 0.358. The van der Waals surface area contributed by atoms with Crippen molar-refractivity contribution >= 4 is 5.69 Å². The number of hydrogen-bond donors (Lipinski definition) is 1. The average Bonchev–Trinajstić information content (AvgIpc) is 2.79. The van der Waals surface area contributed by atoms with Crippen molar-refractivity contribution in [3.63, 3.8) is 0 Å². The number of nitrogens with zero attached hydrogens (tertiary/aromatic N) is 1. The molecule has 0 unspecified atom stereocenters. The van der Waals surface area contributed by atoms with E-state index in [0.717, 1.165) is 13.1 Å². The molecule has 0 heterocycles. The van der Waals surface area contributed by atoms with Gasteiger partial charge in [0, 0.05) is 24.7 Å². The lowest BCUT2D eigenvalue weighted by molar-refractivity contribution is 0.316. The molecule has 94 valence electrons. The number of benzene rings is 1. The molecule has 2 rings (SSSR count). The number of aryl methyl sites for hydroxylation is 1. The maximum absolute atomic E-state index is 6.01. The molecule has 2 nitrogen and oxygen atoms in total. The summed E-state index contributed by atoms with van der Waals surface area (Å²) in [7, 11) is 2.19. The smallest absolute Gasteiger partial charge is 0.0393 e. The van der Waals surface area contributed by atoms with Crippen LogP contribution in [-0.2, 0) is 0 Å². The summed E-state index contributed by atoms with van der Waals surface area (Å²) in [4.78, 5) is 2.38. The highest BCUT2D eigenvalue weighted by Crippen LogP contribution is 2.38. The van der Waals surface area contributed by atoms with Crippen molar-refractivity contribution in [1.29, 1.82) is 0 Å². The predicted molar refractivity (Wildman–Crippen MR) is 74.4 cm³/mol. The Kier molecular flexibility index (Phi) is 3.72. The monoisotopic (exact) mass is 232 g/mol. The molecular formula is C15H24N2. The Bertz CT molecular complexity index is 367. The van der Waals surface area contributed by atoms with E-state index in [-0.39, 0.29) is 0 Å². The van der Waals surface area contributed by atoms with Crippen LogP contribution in [0.15, 0.2) is 24.3 Å². The van der Waals surface area contributed by atoms with Gasteiger partial charge in [-0.15, -0.1) is 0 Å². The summed E-state index contributed by atoms with van der Waals surface area (Å²) < 4.78 is 0. The highest BCUT2D eigenvalue weighted by molar-refractivity contribution is 5.52. The Labute approximate surface area is 105 Å². The highest BCUT2D eigenvalue weighted by atomic mass is 15.1. The molecule has 2 heteroatoms. The molecule has 1 aromatic rings. The molecule has 0 atom stereocenters. The molecule has 2 N–H and O–H groups in total. The van der Waals surface area contributed by atoms with Crippen LogP contribution in [0, 0.1) is 12.3 Å². The van der Waals surface area contributed by atoms with Gasteiger partial charge in [-0.1, -0.05) is 31.0 Å². The van der Waals surface area contributed by atoms with Gasteiger partial charge >= 0.3 is 0 Å². The molecule has 0 spiro atoms. The molecule has 1 saturated carbocycles. The van der Waals surface area contributed by atoms with Crippen molar-refractivity contribution in [3.8, 4) is 0 Å². The maximum atomic E-state index is 6.01. The summed E-state index contributed by atoms with van der Waals surface area (Å²) in [6.45, 7) is 4.09. The summed E-state index contributed by atoms with van der Waals surface area (Å²) >= 11 is 0. The zero-order valence-electron chi connectivity index (χ0n) is 11.1. The fraction of sp³-hybridized carbons (Fsp3) is 0.600. The van der Waals surface area contributed by atoms with Crippen LogP contribution in [0.3, 0.4) is 0 Å². The first kappa shape index (κ1) is 12.4. The molecular weight excluding hydrogens is 208 g/mol. The Morgan fingerprint density at radius 2 is 1.88 bits per heavy atom. The van der Waals surface area contributed by atoms with E-state index >= 15 is 0 Å². The minimum Gasteiger partial charge on any atom is -0.374 e. The number of rotatable bonds is 4.